The van der Waals surface area contributed by atoms with Crippen LogP contribution in [0.1, 0.15) is 36.1 Å². The van der Waals surface area contributed by atoms with E-state index in [1.54, 1.807) is 29.4 Å². The lowest BCUT2D eigenvalue weighted by molar-refractivity contribution is -0.662. The van der Waals surface area contributed by atoms with E-state index in [1.165, 1.54) is 36.7 Å². The number of rotatable bonds is 11. The summed E-state index contributed by atoms with van der Waals surface area (Å²) >= 11 is 2.44. The van der Waals surface area contributed by atoms with Crippen molar-refractivity contribution in [2.24, 2.45) is 10.3 Å². The van der Waals surface area contributed by atoms with E-state index in [9.17, 15) is 19.5 Å². The maximum Gasteiger partial charge on any atom is 0.307 e. The number of hydrazone groups is 1. The highest BCUT2D eigenvalue weighted by Gasteiger charge is 2.53. The molecule has 18 heteroatoms. The number of aliphatic carboxylic acids is 1. The highest BCUT2D eigenvalue weighted by atomic mass is 32.2. The van der Waals surface area contributed by atoms with E-state index in [0.717, 1.165) is 47.8 Å². The minimum Gasteiger partial charge on any atom is -0.543 e. The first kappa shape index (κ1) is 33.3. The number of nitrogens with zero attached hydrogens (tertiary/aromatic N) is 8. The van der Waals surface area contributed by atoms with E-state index in [0.29, 0.717) is 16.7 Å². The summed E-state index contributed by atoms with van der Waals surface area (Å²) in [5.74, 6) is -2.86. The predicted molar refractivity (Wildman–Crippen MR) is 181 cm³/mol. The zero-order valence-corrected chi connectivity index (χ0v) is 28.5. The van der Waals surface area contributed by atoms with E-state index in [-0.39, 0.29) is 46.9 Å². The fraction of sp³-hybridized carbons (Fsp3) is 0.344. The summed E-state index contributed by atoms with van der Waals surface area (Å²) < 4.78 is 20.7. The predicted octanol–water partition coefficient (Wildman–Crippen LogP) is 0.529. The molecule has 2 amide bonds. The number of thioether (sulfide) groups is 1. The standard InChI is InChI=1S/C32H33FN10O5S2/c1-48-38-25(23-18-50-32(34)36-23)28(44)37-26-29(45)43-27(31(46)47)21(17-49-30(26)43)16-41-10-7-24-39(11-12-42(24)41)15-20-6-5-19(13-22(20)33)14-35-40-8-3-2-4-9-40/h5-7,10-14,18,26,30H,2-4,8-9,15-17H2,1H3,(H3-,34,36,37,44,46,47)/b35-14?,38-25-/t26-,30-/m1/s1. The van der Waals surface area contributed by atoms with Crippen molar-refractivity contribution in [3.8, 4) is 0 Å². The topological polar surface area (TPSA) is 179 Å². The first-order valence-corrected chi connectivity index (χ1v) is 17.8. The molecular formula is C32H33FN10O5S2. The Balaban J connectivity index is 1.04. The fourth-order valence-electron chi connectivity index (χ4n) is 6.29. The van der Waals surface area contributed by atoms with Crippen LogP contribution in [0.15, 0.2) is 69.8 Å². The second kappa shape index (κ2) is 13.9. The van der Waals surface area contributed by atoms with Crippen LogP contribution in [-0.4, -0.2) is 91.2 Å². The van der Waals surface area contributed by atoms with Gasteiger partial charge in [0.25, 0.3) is 11.8 Å². The smallest absolute Gasteiger partial charge is 0.307 e. The lowest BCUT2D eigenvalue weighted by Gasteiger charge is -2.50. The molecule has 7 rings (SSSR count). The van der Waals surface area contributed by atoms with Crippen molar-refractivity contribution in [2.75, 3.05) is 31.7 Å². The number of aromatic nitrogens is 4. The van der Waals surface area contributed by atoms with Gasteiger partial charge in [0.05, 0.1) is 36.7 Å². The molecule has 2 atom stereocenters. The number of carbonyl (C=O) groups excluding carboxylic acids is 3. The maximum absolute atomic E-state index is 15.2. The maximum atomic E-state index is 15.2. The van der Waals surface area contributed by atoms with Crippen LogP contribution in [0.25, 0.3) is 5.65 Å². The molecule has 15 nitrogen and oxygen atoms in total. The molecule has 1 aromatic carbocycles. The molecule has 0 radical (unpaired) electrons. The van der Waals surface area contributed by atoms with E-state index < -0.39 is 29.2 Å². The van der Waals surface area contributed by atoms with Crippen LogP contribution in [0, 0.1) is 5.82 Å². The summed E-state index contributed by atoms with van der Waals surface area (Å²) in [5, 5.41) is 26.4. The average Bonchev–Trinajstić information content (AvgIpc) is 3.84. The zero-order valence-electron chi connectivity index (χ0n) is 26.9. The van der Waals surface area contributed by atoms with Crippen molar-refractivity contribution in [1.29, 1.82) is 0 Å². The van der Waals surface area contributed by atoms with Crippen molar-refractivity contribution in [3.05, 3.63) is 82.1 Å². The van der Waals surface area contributed by atoms with E-state index in [2.05, 4.69) is 20.6 Å². The first-order valence-electron chi connectivity index (χ1n) is 15.9. The normalized spacial score (nSPS) is 19.6. The van der Waals surface area contributed by atoms with Crippen molar-refractivity contribution in [1.82, 2.24) is 29.4 Å². The number of nitrogens with one attached hydrogen (secondary N) is 1. The number of carboxylic acid groups (broad SMARTS) is 1. The van der Waals surface area contributed by atoms with Gasteiger partial charge in [0.15, 0.2) is 17.0 Å². The number of nitrogen functional groups attached to an aromatic ring is 1. The highest BCUT2D eigenvalue weighted by molar-refractivity contribution is 8.00. The van der Waals surface area contributed by atoms with Crippen molar-refractivity contribution >= 4 is 63.6 Å². The summed E-state index contributed by atoms with van der Waals surface area (Å²) in [6.45, 7) is 2.26. The van der Waals surface area contributed by atoms with Crippen LogP contribution >= 0.6 is 23.1 Å². The van der Waals surface area contributed by atoms with Gasteiger partial charge in [-0.2, -0.15) is 5.10 Å². The number of hydrogen-bond donors (Lipinski definition) is 2. The molecule has 0 unspecified atom stereocenters. The average molecular weight is 721 g/mol. The van der Waals surface area contributed by atoms with Crippen LogP contribution in [0.3, 0.4) is 0 Å². The van der Waals surface area contributed by atoms with Gasteiger partial charge in [-0.25, -0.2) is 18.6 Å². The van der Waals surface area contributed by atoms with Crippen LogP contribution in [0.2, 0.25) is 0 Å². The molecule has 3 aromatic heterocycles. The third-order valence-electron chi connectivity index (χ3n) is 8.75. The molecule has 0 bridgehead atoms. The quantitative estimate of drug-likeness (QED) is 0.0968. The van der Waals surface area contributed by atoms with Gasteiger partial charge >= 0.3 is 5.65 Å². The second-order valence-electron chi connectivity index (χ2n) is 11.9. The Labute approximate surface area is 293 Å². The minimum absolute atomic E-state index is 0.150. The third kappa shape index (κ3) is 6.42. The number of carboxylic acids is 1. The zero-order chi connectivity index (χ0) is 34.9. The molecule has 3 N–H and O–H groups in total. The minimum atomic E-state index is -1.49. The number of hydrogen-bond acceptors (Lipinski definition) is 12. The molecule has 0 saturated carbocycles. The van der Waals surface area contributed by atoms with Crippen LogP contribution in [0.4, 0.5) is 9.52 Å². The molecule has 3 aliphatic heterocycles. The van der Waals surface area contributed by atoms with E-state index >= 15 is 4.39 Å². The third-order valence-corrected chi connectivity index (χ3v) is 10.8. The number of nitrogens with two attached hydrogens (primary N) is 1. The highest BCUT2D eigenvalue weighted by Crippen LogP contribution is 2.40. The Morgan fingerprint density at radius 2 is 2.06 bits per heavy atom. The molecule has 260 valence electrons. The summed E-state index contributed by atoms with van der Waals surface area (Å²) in [7, 11) is 1.27. The summed E-state index contributed by atoms with van der Waals surface area (Å²) in [6, 6.07) is 5.95. The van der Waals surface area contributed by atoms with Crippen molar-refractivity contribution in [2.45, 2.75) is 43.8 Å². The van der Waals surface area contributed by atoms with Gasteiger partial charge in [-0.3, -0.25) is 19.5 Å². The number of piperidine rings is 1. The summed E-state index contributed by atoms with van der Waals surface area (Å²) in [5.41, 5.74) is 7.92. The summed E-state index contributed by atoms with van der Waals surface area (Å²) in [6.07, 6.45) is 10.6. The number of halogens is 1. The van der Waals surface area contributed by atoms with Crippen molar-refractivity contribution < 1.29 is 33.3 Å². The molecule has 50 heavy (non-hydrogen) atoms. The number of β-lactam (4-membered cyclic amide) rings is 1. The largest absolute Gasteiger partial charge is 0.543 e. The number of thiazole rings is 1. The van der Waals surface area contributed by atoms with Gasteiger partial charge in [-0.05, 0) is 36.5 Å². The molecule has 4 aromatic rings. The van der Waals surface area contributed by atoms with E-state index in [1.807, 2.05) is 32.4 Å². The molecule has 0 aliphatic carbocycles. The molecular weight excluding hydrogens is 688 g/mol. The number of fused-ring (bicyclic) bond motifs is 2. The first-order chi connectivity index (χ1) is 24.2. The molecule has 2 fully saturated rings. The molecule has 6 heterocycles. The SMILES string of the molecule is CO/N=C(\C(=O)N[C@@H]1C(=O)N2C(C(=O)[O-])=C(Cn3ccc4n3cc[n+]4Cc3ccc(C=NN4CCCCC4)cc3F)CS[C@H]12)c1csc(N)n1. The van der Waals surface area contributed by atoms with Gasteiger partial charge in [0, 0.05) is 29.8 Å². The molecule has 2 saturated heterocycles. The lowest BCUT2D eigenvalue weighted by atomic mass is 10.0. The van der Waals surface area contributed by atoms with Crippen LogP contribution in [-0.2, 0) is 32.3 Å². The Bertz CT molecular complexity index is 2060. The number of anilines is 1. The van der Waals surface area contributed by atoms with Crippen LogP contribution < -0.4 is 20.7 Å². The van der Waals surface area contributed by atoms with Crippen molar-refractivity contribution in [3.63, 3.8) is 0 Å². The molecule has 0 spiro atoms. The second-order valence-corrected chi connectivity index (χ2v) is 13.9. The van der Waals surface area contributed by atoms with Crippen LogP contribution in [0.5, 0.6) is 0 Å². The Morgan fingerprint density at radius 3 is 2.78 bits per heavy atom. The number of benzene rings is 1. The fourth-order valence-corrected chi connectivity index (χ4v) is 8.17. The van der Waals surface area contributed by atoms with E-state index in [4.69, 9.17) is 10.6 Å². The number of carbonyl (C=O) groups is 3. The number of imidazole rings is 1. The molecule has 3 aliphatic rings. The Kier molecular flexibility index (Phi) is 9.28. The summed E-state index contributed by atoms with van der Waals surface area (Å²) in [4.78, 5) is 48.7. The Morgan fingerprint density at radius 1 is 1.24 bits per heavy atom. The van der Waals surface area contributed by atoms with Gasteiger partial charge in [-0.15, -0.1) is 27.6 Å². The number of oxime groups is 1. The van der Waals surface area contributed by atoms with Gasteiger partial charge in [0.1, 0.15) is 42.8 Å². The Hall–Kier alpha value is -5.23. The van der Waals surface area contributed by atoms with Gasteiger partial charge in [0.2, 0.25) is 0 Å². The lowest BCUT2D eigenvalue weighted by Crippen LogP contribution is -2.71. The monoisotopic (exact) mass is 720 g/mol. The van der Waals surface area contributed by atoms with Gasteiger partial charge < -0.3 is 25.8 Å². The number of amides is 2. The van der Waals surface area contributed by atoms with Gasteiger partial charge in [-0.1, -0.05) is 17.3 Å².